The van der Waals surface area contributed by atoms with Gasteiger partial charge < -0.3 is 4.74 Å². The van der Waals surface area contributed by atoms with Gasteiger partial charge in [0.25, 0.3) is 0 Å². The van der Waals surface area contributed by atoms with E-state index in [2.05, 4.69) is 0 Å². The first-order valence-corrected chi connectivity index (χ1v) is 9.16. The lowest BCUT2D eigenvalue weighted by molar-refractivity contribution is -0.153. The van der Waals surface area contributed by atoms with Crippen molar-refractivity contribution in [2.24, 2.45) is 5.41 Å². The summed E-state index contributed by atoms with van der Waals surface area (Å²) in [5, 5.41) is 0. The molecule has 0 aromatic heterocycles. The molecule has 0 radical (unpaired) electrons. The molecule has 2 aromatic rings. The Morgan fingerprint density at radius 2 is 1.42 bits per heavy atom. The molecule has 0 N–H and O–H groups in total. The van der Waals surface area contributed by atoms with Crippen molar-refractivity contribution in [3.8, 4) is 0 Å². The maximum Gasteiger partial charge on any atom is 0.316 e. The molecule has 0 spiro atoms. The summed E-state index contributed by atoms with van der Waals surface area (Å²) in [6, 6.07) is 14.5. The van der Waals surface area contributed by atoms with Crippen molar-refractivity contribution >= 4 is 35.0 Å². The van der Waals surface area contributed by atoms with Crippen LogP contribution in [0.25, 0.3) is 0 Å². The number of hydrogen-bond acceptors (Lipinski definition) is 3. The third-order valence-electron chi connectivity index (χ3n) is 4.89. The van der Waals surface area contributed by atoms with Crippen LogP contribution in [0.15, 0.2) is 48.5 Å². The Kier molecular flexibility index (Phi) is 4.89. The summed E-state index contributed by atoms with van der Waals surface area (Å²) in [5.74, 6) is -0.838. The van der Waals surface area contributed by atoms with Gasteiger partial charge in [-0.15, -0.1) is 23.2 Å². The molecule has 0 bridgehead atoms. The van der Waals surface area contributed by atoms with E-state index in [0.29, 0.717) is 17.5 Å². The van der Waals surface area contributed by atoms with Crippen LogP contribution in [0.5, 0.6) is 0 Å². The van der Waals surface area contributed by atoms with Crippen molar-refractivity contribution in [3.63, 3.8) is 0 Å². The normalized spacial score (nSPS) is 21.7. The Hall–Kier alpha value is -1.84. The Morgan fingerprint density at radius 1 is 0.962 bits per heavy atom. The molecule has 0 heterocycles. The number of esters is 1. The standard InChI is InChI=1S/C21H20Cl2O3/c1-13-4-8-15(9-5-13)17(24)18(16-10-6-14(2)7-11-16)26-19(25)20(3)12-21(20,22)23/h4-11,18H,12H2,1-3H3/t18-,20+/m1/s1. The van der Waals surface area contributed by atoms with Gasteiger partial charge >= 0.3 is 5.97 Å². The van der Waals surface area contributed by atoms with Crippen LogP contribution in [0.4, 0.5) is 0 Å². The van der Waals surface area contributed by atoms with Gasteiger partial charge in [0.05, 0.1) is 0 Å². The lowest BCUT2D eigenvalue weighted by atomic mass is 9.98. The fourth-order valence-corrected chi connectivity index (χ4v) is 3.43. The molecule has 0 aliphatic heterocycles. The van der Waals surface area contributed by atoms with Crippen molar-refractivity contribution in [1.29, 1.82) is 0 Å². The fraction of sp³-hybridized carbons (Fsp3) is 0.333. The average molecular weight is 391 g/mol. The van der Waals surface area contributed by atoms with E-state index >= 15 is 0 Å². The van der Waals surface area contributed by atoms with E-state index < -0.39 is 21.8 Å². The highest BCUT2D eigenvalue weighted by molar-refractivity contribution is 6.53. The predicted octanol–water partition coefficient (Wildman–Crippen LogP) is 5.35. The molecule has 2 aromatic carbocycles. The van der Waals surface area contributed by atoms with Gasteiger partial charge in [0.15, 0.2) is 6.10 Å². The minimum absolute atomic E-state index is 0.277. The zero-order valence-corrected chi connectivity index (χ0v) is 16.4. The smallest absolute Gasteiger partial charge is 0.316 e. The first-order chi connectivity index (χ1) is 12.1. The second kappa shape index (κ2) is 6.71. The molecule has 136 valence electrons. The molecule has 0 amide bonds. The second-order valence-corrected chi connectivity index (χ2v) is 8.62. The molecule has 3 nitrogen and oxygen atoms in total. The topological polar surface area (TPSA) is 43.4 Å². The van der Waals surface area contributed by atoms with E-state index in [-0.39, 0.29) is 5.78 Å². The van der Waals surface area contributed by atoms with Crippen LogP contribution in [0.2, 0.25) is 0 Å². The highest BCUT2D eigenvalue weighted by Gasteiger charge is 2.69. The number of carbonyl (C=O) groups excluding carboxylic acids is 2. The summed E-state index contributed by atoms with van der Waals surface area (Å²) in [5.41, 5.74) is 2.21. The van der Waals surface area contributed by atoms with Crippen molar-refractivity contribution < 1.29 is 14.3 Å². The number of ketones is 1. The van der Waals surface area contributed by atoms with Gasteiger partial charge in [-0.3, -0.25) is 9.59 Å². The lowest BCUT2D eigenvalue weighted by Gasteiger charge is -2.20. The summed E-state index contributed by atoms with van der Waals surface area (Å²) in [4.78, 5) is 25.7. The number of halogens is 2. The van der Waals surface area contributed by atoms with Crippen LogP contribution >= 0.6 is 23.2 Å². The molecule has 0 saturated heterocycles. The van der Waals surface area contributed by atoms with Gasteiger partial charge in [-0.25, -0.2) is 0 Å². The molecule has 3 rings (SSSR count). The van der Waals surface area contributed by atoms with E-state index in [0.717, 1.165) is 11.1 Å². The Balaban J connectivity index is 1.92. The molecule has 1 aliphatic rings. The largest absolute Gasteiger partial charge is 0.448 e. The third-order valence-corrected chi connectivity index (χ3v) is 5.99. The number of alkyl halides is 2. The highest BCUT2D eigenvalue weighted by Crippen LogP contribution is 2.64. The first kappa shape index (κ1) is 18.9. The summed E-state index contributed by atoms with van der Waals surface area (Å²) in [7, 11) is 0. The number of benzene rings is 2. The minimum atomic E-state index is -1.14. The Morgan fingerprint density at radius 3 is 1.88 bits per heavy atom. The van der Waals surface area contributed by atoms with Gasteiger partial charge in [0.2, 0.25) is 5.78 Å². The predicted molar refractivity (Wildman–Crippen MR) is 103 cm³/mol. The average Bonchev–Trinajstić information content (AvgIpc) is 3.13. The number of hydrogen-bond donors (Lipinski definition) is 0. The fourth-order valence-electron chi connectivity index (χ4n) is 2.74. The van der Waals surface area contributed by atoms with Gasteiger partial charge in [-0.05, 0) is 20.8 Å². The summed E-state index contributed by atoms with van der Waals surface area (Å²) in [6.45, 7) is 5.55. The second-order valence-electron chi connectivity index (χ2n) is 7.14. The molecular weight excluding hydrogens is 371 g/mol. The van der Waals surface area contributed by atoms with Gasteiger partial charge in [-0.1, -0.05) is 59.7 Å². The maximum absolute atomic E-state index is 13.0. The SMILES string of the molecule is Cc1ccc(C(=O)[C@H](OC(=O)[C@]2(C)CC2(Cl)Cl)c2ccc(C)cc2)cc1. The van der Waals surface area contributed by atoms with Crippen LogP contribution in [0.1, 0.15) is 46.5 Å². The van der Waals surface area contributed by atoms with Crippen molar-refractivity contribution in [3.05, 3.63) is 70.8 Å². The maximum atomic E-state index is 13.0. The summed E-state index contributed by atoms with van der Waals surface area (Å²) >= 11 is 12.2. The van der Waals surface area contributed by atoms with E-state index in [9.17, 15) is 9.59 Å². The molecule has 26 heavy (non-hydrogen) atoms. The van der Waals surface area contributed by atoms with Gasteiger partial charge in [0.1, 0.15) is 9.75 Å². The molecule has 0 unspecified atom stereocenters. The number of Topliss-reactive ketones (excluding diaryl/α,β-unsaturated/α-hetero) is 1. The van der Waals surface area contributed by atoms with Crippen LogP contribution in [0, 0.1) is 19.3 Å². The monoisotopic (exact) mass is 390 g/mol. The number of carbonyl (C=O) groups is 2. The molecule has 1 saturated carbocycles. The minimum Gasteiger partial charge on any atom is -0.448 e. The van der Waals surface area contributed by atoms with E-state index in [4.69, 9.17) is 27.9 Å². The Labute approximate surface area is 163 Å². The Bertz CT molecular complexity index is 841. The number of ether oxygens (including phenoxy) is 1. The number of aryl methyl sites for hydroxylation is 2. The lowest BCUT2D eigenvalue weighted by Crippen LogP contribution is -2.27. The van der Waals surface area contributed by atoms with Gasteiger partial charge in [-0.2, -0.15) is 0 Å². The highest BCUT2D eigenvalue weighted by atomic mass is 35.5. The third kappa shape index (κ3) is 3.51. The molecule has 2 atom stereocenters. The first-order valence-electron chi connectivity index (χ1n) is 8.40. The molecule has 5 heteroatoms. The van der Waals surface area contributed by atoms with Crippen molar-refractivity contribution in [2.75, 3.05) is 0 Å². The molecular formula is C21H20Cl2O3. The summed E-state index contributed by atoms with van der Waals surface area (Å²) < 4.78 is 4.48. The van der Waals surface area contributed by atoms with Crippen LogP contribution < -0.4 is 0 Å². The molecule has 1 fully saturated rings. The zero-order chi connectivity index (χ0) is 19.1. The number of rotatable bonds is 5. The summed E-state index contributed by atoms with van der Waals surface area (Å²) in [6.07, 6.45) is -0.728. The van der Waals surface area contributed by atoms with Crippen molar-refractivity contribution in [1.82, 2.24) is 0 Å². The van der Waals surface area contributed by atoms with Crippen molar-refractivity contribution in [2.45, 2.75) is 37.6 Å². The quantitative estimate of drug-likeness (QED) is 0.392. The van der Waals surface area contributed by atoms with E-state index in [1.165, 1.54) is 0 Å². The van der Waals surface area contributed by atoms with E-state index in [1.54, 1.807) is 31.2 Å². The van der Waals surface area contributed by atoms with Crippen LogP contribution in [-0.4, -0.2) is 16.1 Å². The van der Waals surface area contributed by atoms with E-state index in [1.807, 2.05) is 38.1 Å². The van der Waals surface area contributed by atoms with Crippen LogP contribution in [-0.2, 0) is 9.53 Å². The van der Waals surface area contributed by atoms with Crippen LogP contribution in [0.3, 0.4) is 0 Å². The molecule has 1 aliphatic carbocycles. The zero-order valence-electron chi connectivity index (χ0n) is 14.9. The van der Waals surface area contributed by atoms with Gasteiger partial charge in [0, 0.05) is 17.5 Å².